The molecule has 0 aliphatic rings. The highest BCUT2D eigenvalue weighted by atomic mass is 32.1. The van der Waals surface area contributed by atoms with E-state index >= 15 is 0 Å². The topological polar surface area (TPSA) is 59.4 Å². The molecular weight excluding hydrogens is 538 g/mol. The van der Waals surface area contributed by atoms with Crippen LogP contribution in [0.25, 0.3) is 86.9 Å². The zero-order valence-electron chi connectivity index (χ0n) is 22.2. The van der Waals surface area contributed by atoms with Crippen molar-refractivity contribution in [3.63, 3.8) is 0 Å². The van der Waals surface area contributed by atoms with Crippen LogP contribution in [0, 0.1) is 0 Å². The lowest BCUT2D eigenvalue weighted by Gasteiger charge is -2.09. The number of nitrogens with zero attached hydrogens (tertiary/aromatic N) is 1. The lowest BCUT2D eigenvalue weighted by Crippen LogP contribution is -1.86. The fourth-order valence-corrected chi connectivity index (χ4v) is 7.16. The summed E-state index contributed by atoms with van der Waals surface area (Å²) in [6, 6.07) is 40.6. The quantitative estimate of drug-likeness (QED) is 0.234. The highest BCUT2D eigenvalue weighted by molar-refractivity contribution is 7.21. The number of fused-ring (bicyclic) bond motifs is 7. The van der Waals surface area contributed by atoms with Gasteiger partial charge in [0.1, 0.15) is 33.1 Å². The summed E-state index contributed by atoms with van der Waals surface area (Å²) < 4.78 is 13.9. The Bertz CT molecular complexity index is 2500. The minimum absolute atomic E-state index is 0.213. The van der Waals surface area contributed by atoms with Crippen LogP contribution in [-0.2, 0) is 0 Å². The Labute approximate surface area is 243 Å². The van der Waals surface area contributed by atoms with Crippen molar-refractivity contribution in [2.24, 2.45) is 0 Å². The summed E-state index contributed by atoms with van der Waals surface area (Å²) in [7, 11) is 0. The molecule has 0 fully saturated rings. The van der Waals surface area contributed by atoms with Gasteiger partial charge < -0.3 is 13.9 Å². The van der Waals surface area contributed by atoms with Crippen molar-refractivity contribution in [2.45, 2.75) is 0 Å². The van der Waals surface area contributed by atoms with Gasteiger partial charge in [-0.1, -0.05) is 84.9 Å². The minimum Gasteiger partial charge on any atom is -0.507 e. The van der Waals surface area contributed by atoms with E-state index in [2.05, 4.69) is 60.7 Å². The molecule has 198 valence electrons. The Hall–Kier alpha value is -5.39. The molecule has 0 radical (unpaired) electrons. The number of hydrogen-bond donors (Lipinski definition) is 1. The zero-order chi connectivity index (χ0) is 27.8. The number of aromatic nitrogens is 1. The van der Waals surface area contributed by atoms with Crippen LogP contribution in [-0.4, -0.2) is 10.1 Å². The van der Waals surface area contributed by atoms with E-state index in [0.717, 1.165) is 81.4 Å². The molecule has 3 heterocycles. The van der Waals surface area contributed by atoms with Crippen LogP contribution < -0.4 is 0 Å². The van der Waals surface area contributed by atoms with Gasteiger partial charge in [-0.2, -0.15) is 0 Å². The average Bonchev–Trinajstić information content (AvgIpc) is 3.74. The summed E-state index contributed by atoms with van der Waals surface area (Å²) >= 11 is 1.57. The molecule has 0 aliphatic carbocycles. The van der Waals surface area contributed by atoms with E-state index in [9.17, 15) is 5.11 Å². The largest absolute Gasteiger partial charge is 0.507 e. The Morgan fingerprint density at radius 1 is 0.524 bits per heavy atom. The predicted octanol–water partition coefficient (Wildman–Crippen LogP) is 10.8. The van der Waals surface area contributed by atoms with E-state index in [4.69, 9.17) is 13.8 Å². The van der Waals surface area contributed by atoms with E-state index in [1.165, 1.54) is 0 Å². The molecule has 0 aliphatic heterocycles. The molecule has 5 heteroatoms. The molecule has 0 saturated heterocycles. The maximum atomic E-state index is 10.7. The smallest absolute Gasteiger partial charge is 0.143 e. The number of para-hydroxylation sites is 5. The third-order valence-corrected chi connectivity index (χ3v) is 9.07. The van der Waals surface area contributed by atoms with Gasteiger partial charge in [0.15, 0.2) is 0 Å². The number of thiazole rings is 1. The van der Waals surface area contributed by atoms with Crippen LogP contribution >= 0.6 is 11.3 Å². The highest BCUT2D eigenvalue weighted by Gasteiger charge is 2.21. The number of furan rings is 2. The number of phenolic OH excluding ortho intramolecular Hbond substituents is 1. The molecule has 9 rings (SSSR count). The second-order valence-corrected chi connectivity index (χ2v) is 11.5. The molecule has 0 saturated carbocycles. The molecule has 0 atom stereocenters. The molecule has 3 aromatic heterocycles. The summed E-state index contributed by atoms with van der Waals surface area (Å²) in [6.45, 7) is 0. The number of phenols is 1. The Balaban J connectivity index is 1.37. The van der Waals surface area contributed by atoms with Gasteiger partial charge in [0.2, 0.25) is 0 Å². The van der Waals surface area contributed by atoms with Gasteiger partial charge in [-0.05, 0) is 42.0 Å². The minimum atomic E-state index is 0.213. The normalized spacial score (nSPS) is 11.9. The van der Waals surface area contributed by atoms with Crippen molar-refractivity contribution in [1.29, 1.82) is 0 Å². The van der Waals surface area contributed by atoms with E-state index in [1.54, 1.807) is 17.4 Å². The SMILES string of the molecule is Oc1ccccc1-c1nc2c(-c3cccc4c3oc3ccccc34)cc(-c3cccc4c3oc3ccccc34)cc2s1. The first-order chi connectivity index (χ1) is 20.7. The van der Waals surface area contributed by atoms with Gasteiger partial charge >= 0.3 is 0 Å². The third-order valence-electron chi connectivity index (χ3n) is 8.04. The zero-order valence-corrected chi connectivity index (χ0v) is 23.0. The van der Waals surface area contributed by atoms with Crippen molar-refractivity contribution in [1.82, 2.24) is 4.98 Å². The van der Waals surface area contributed by atoms with Crippen molar-refractivity contribution in [3.8, 4) is 38.6 Å². The van der Waals surface area contributed by atoms with Crippen molar-refractivity contribution in [3.05, 3.63) is 121 Å². The maximum Gasteiger partial charge on any atom is 0.143 e. The van der Waals surface area contributed by atoms with E-state index in [-0.39, 0.29) is 5.75 Å². The van der Waals surface area contributed by atoms with Gasteiger partial charge in [-0.3, -0.25) is 0 Å². The summed E-state index contributed by atoms with van der Waals surface area (Å²) in [5.74, 6) is 0.213. The summed E-state index contributed by atoms with van der Waals surface area (Å²) in [4.78, 5) is 5.11. The maximum absolute atomic E-state index is 10.7. The van der Waals surface area contributed by atoms with Crippen LogP contribution in [0.4, 0.5) is 0 Å². The van der Waals surface area contributed by atoms with E-state index < -0.39 is 0 Å². The van der Waals surface area contributed by atoms with Crippen LogP contribution in [0.2, 0.25) is 0 Å². The first-order valence-corrected chi connectivity index (χ1v) is 14.6. The fraction of sp³-hybridized carbons (Fsp3) is 0. The molecule has 0 unspecified atom stereocenters. The van der Waals surface area contributed by atoms with Crippen LogP contribution in [0.1, 0.15) is 0 Å². The monoisotopic (exact) mass is 559 g/mol. The predicted molar refractivity (Wildman–Crippen MR) is 172 cm³/mol. The number of rotatable bonds is 3. The summed E-state index contributed by atoms with van der Waals surface area (Å²) in [6.07, 6.45) is 0. The third kappa shape index (κ3) is 3.38. The number of hydrogen-bond acceptors (Lipinski definition) is 5. The summed E-state index contributed by atoms with van der Waals surface area (Å²) in [5.41, 5.74) is 8.98. The molecule has 4 nitrogen and oxygen atoms in total. The first-order valence-electron chi connectivity index (χ1n) is 13.8. The number of benzene rings is 6. The molecule has 0 spiro atoms. The Morgan fingerprint density at radius 3 is 1.81 bits per heavy atom. The van der Waals surface area contributed by atoms with Gasteiger partial charge in [0.05, 0.1) is 15.8 Å². The van der Waals surface area contributed by atoms with Gasteiger partial charge in [0, 0.05) is 38.2 Å². The lowest BCUT2D eigenvalue weighted by molar-refractivity contribution is 0.477. The second kappa shape index (κ2) is 8.80. The molecule has 6 aromatic carbocycles. The molecule has 0 amide bonds. The molecular formula is C37H21NO3S. The van der Waals surface area contributed by atoms with Gasteiger partial charge in [-0.25, -0.2) is 4.98 Å². The Morgan fingerprint density at radius 2 is 1.10 bits per heavy atom. The van der Waals surface area contributed by atoms with Gasteiger partial charge in [0.25, 0.3) is 0 Å². The van der Waals surface area contributed by atoms with Crippen molar-refractivity contribution < 1.29 is 13.9 Å². The molecule has 0 bridgehead atoms. The standard InChI is InChI=1S/C37H21NO3S/c39-30-16-4-1-11-28(30)37-38-34-29(27-15-8-14-26-24-10-3-6-18-32(24)41-36(26)27)19-21(20-33(34)42-37)22-12-7-13-25-23-9-2-5-17-31(23)40-35(22)25/h1-20,39H. The first kappa shape index (κ1) is 23.3. The van der Waals surface area contributed by atoms with Crippen molar-refractivity contribution >= 4 is 65.4 Å². The molecule has 9 aromatic rings. The van der Waals surface area contributed by atoms with Gasteiger partial charge in [-0.15, -0.1) is 11.3 Å². The van der Waals surface area contributed by atoms with E-state index in [1.807, 2.05) is 54.6 Å². The lowest BCUT2D eigenvalue weighted by atomic mass is 9.95. The highest BCUT2D eigenvalue weighted by Crippen LogP contribution is 2.45. The van der Waals surface area contributed by atoms with Crippen LogP contribution in [0.5, 0.6) is 5.75 Å². The van der Waals surface area contributed by atoms with Crippen molar-refractivity contribution in [2.75, 3.05) is 0 Å². The fourth-order valence-electron chi connectivity index (χ4n) is 6.09. The molecule has 1 N–H and O–H groups in total. The van der Waals surface area contributed by atoms with E-state index in [0.29, 0.717) is 5.56 Å². The van der Waals surface area contributed by atoms with Crippen LogP contribution in [0.15, 0.2) is 130 Å². The average molecular weight is 560 g/mol. The number of aromatic hydroxyl groups is 1. The summed E-state index contributed by atoms with van der Waals surface area (Å²) in [5, 5.41) is 15.8. The Kier molecular flexibility index (Phi) is 4.89. The second-order valence-electron chi connectivity index (χ2n) is 10.5. The molecule has 42 heavy (non-hydrogen) atoms. The van der Waals surface area contributed by atoms with Crippen LogP contribution in [0.3, 0.4) is 0 Å².